The number of amides is 1. The van der Waals surface area contributed by atoms with Crippen molar-refractivity contribution in [2.75, 3.05) is 18.5 Å². The first-order valence-electron chi connectivity index (χ1n) is 7.62. The van der Waals surface area contributed by atoms with Gasteiger partial charge in [-0.3, -0.25) is 4.79 Å². The minimum absolute atomic E-state index is 0.0954. The van der Waals surface area contributed by atoms with E-state index in [0.29, 0.717) is 29.7 Å². The summed E-state index contributed by atoms with van der Waals surface area (Å²) in [6.07, 6.45) is 1.20. The van der Waals surface area contributed by atoms with Crippen LogP contribution in [0.5, 0.6) is 11.5 Å². The van der Waals surface area contributed by atoms with Gasteiger partial charge in [0.05, 0.1) is 11.4 Å². The smallest absolute Gasteiger partial charge is 0.228 e. The number of benzene rings is 2. The molecule has 5 heteroatoms. The van der Waals surface area contributed by atoms with Crippen LogP contribution in [0.3, 0.4) is 0 Å². The highest BCUT2D eigenvalue weighted by Crippen LogP contribution is 2.38. The van der Waals surface area contributed by atoms with Gasteiger partial charge in [-0.1, -0.05) is 30.7 Å². The highest BCUT2D eigenvalue weighted by Gasteiger charge is 2.17. The standard InChI is InChI=1S/C18H18ClNO3/c1-2-12-3-5-14(6-4-12)20-17(21)11-13-9-15(19)18-16(10-13)22-7-8-23-18/h3-6,9-10H,2,7-8,11H2,1H3,(H,20,21). The fourth-order valence-electron chi connectivity index (χ4n) is 2.48. The molecule has 2 aromatic carbocycles. The summed E-state index contributed by atoms with van der Waals surface area (Å²) in [5.41, 5.74) is 2.82. The summed E-state index contributed by atoms with van der Waals surface area (Å²) in [5, 5.41) is 3.36. The van der Waals surface area contributed by atoms with Gasteiger partial charge < -0.3 is 14.8 Å². The molecule has 0 bridgehead atoms. The third kappa shape index (κ3) is 3.77. The fourth-order valence-corrected chi connectivity index (χ4v) is 2.77. The predicted molar refractivity (Wildman–Crippen MR) is 90.6 cm³/mol. The molecule has 0 aliphatic carbocycles. The van der Waals surface area contributed by atoms with E-state index in [1.165, 1.54) is 5.56 Å². The number of aryl methyl sites for hydroxylation is 1. The van der Waals surface area contributed by atoms with Crippen LogP contribution < -0.4 is 14.8 Å². The second kappa shape index (κ2) is 6.92. The van der Waals surface area contributed by atoms with Crippen LogP contribution in [-0.2, 0) is 17.6 Å². The Morgan fingerprint density at radius 2 is 1.87 bits per heavy atom. The molecule has 3 rings (SSSR count). The van der Waals surface area contributed by atoms with E-state index in [0.717, 1.165) is 17.7 Å². The van der Waals surface area contributed by atoms with E-state index in [9.17, 15) is 4.79 Å². The maximum Gasteiger partial charge on any atom is 0.228 e. The molecule has 0 unspecified atom stereocenters. The lowest BCUT2D eigenvalue weighted by molar-refractivity contribution is -0.115. The van der Waals surface area contributed by atoms with Crippen LogP contribution >= 0.6 is 11.6 Å². The Kier molecular flexibility index (Phi) is 4.72. The Morgan fingerprint density at radius 3 is 2.61 bits per heavy atom. The van der Waals surface area contributed by atoms with Gasteiger partial charge in [0.1, 0.15) is 13.2 Å². The molecular formula is C18H18ClNO3. The topological polar surface area (TPSA) is 47.6 Å². The molecular weight excluding hydrogens is 314 g/mol. The molecule has 1 N–H and O–H groups in total. The molecule has 120 valence electrons. The van der Waals surface area contributed by atoms with Crippen molar-refractivity contribution in [2.45, 2.75) is 19.8 Å². The Labute approximate surface area is 140 Å². The summed E-state index contributed by atoms with van der Waals surface area (Å²) < 4.78 is 11.0. The molecule has 0 atom stereocenters. The quantitative estimate of drug-likeness (QED) is 0.925. The van der Waals surface area contributed by atoms with Gasteiger partial charge in [-0.2, -0.15) is 0 Å². The minimum Gasteiger partial charge on any atom is -0.486 e. The summed E-state index contributed by atoms with van der Waals surface area (Å²) in [6.45, 7) is 3.07. The monoisotopic (exact) mass is 331 g/mol. The fraction of sp³-hybridized carbons (Fsp3) is 0.278. The van der Waals surface area contributed by atoms with E-state index in [2.05, 4.69) is 12.2 Å². The summed E-state index contributed by atoms with van der Waals surface area (Å²) >= 11 is 6.19. The zero-order valence-corrected chi connectivity index (χ0v) is 13.7. The highest BCUT2D eigenvalue weighted by molar-refractivity contribution is 6.32. The minimum atomic E-state index is -0.0954. The van der Waals surface area contributed by atoms with Crippen molar-refractivity contribution in [1.29, 1.82) is 0 Å². The molecule has 4 nitrogen and oxygen atoms in total. The largest absolute Gasteiger partial charge is 0.486 e. The third-order valence-corrected chi connectivity index (χ3v) is 3.95. The van der Waals surface area contributed by atoms with E-state index in [4.69, 9.17) is 21.1 Å². The maximum atomic E-state index is 12.2. The van der Waals surface area contributed by atoms with Crippen LogP contribution in [0.1, 0.15) is 18.1 Å². The Bertz CT molecular complexity index is 713. The average molecular weight is 332 g/mol. The molecule has 1 heterocycles. The van der Waals surface area contributed by atoms with Gasteiger partial charge in [-0.05, 0) is 41.8 Å². The van der Waals surface area contributed by atoms with Gasteiger partial charge in [0.15, 0.2) is 11.5 Å². The SMILES string of the molecule is CCc1ccc(NC(=O)Cc2cc(Cl)c3c(c2)OCCO3)cc1. The molecule has 0 saturated heterocycles. The lowest BCUT2D eigenvalue weighted by atomic mass is 10.1. The number of hydrogen-bond acceptors (Lipinski definition) is 3. The second-order valence-electron chi connectivity index (χ2n) is 5.38. The molecule has 1 aliphatic rings. The average Bonchev–Trinajstić information content (AvgIpc) is 2.55. The van der Waals surface area contributed by atoms with Crippen molar-refractivity contribution < 1.29 is 14.3 Å². The van der Waals surface area contributed by atoms with Crippen LogP contribution in [0.15, 0.2) is 36.4 Å². The zero-order chi connectivity index (χ0) is 16.2. The van der Waals surface area contributed by atoms with E-state index >= 15 is 0 Å². The van der Waals surface area contributed by atoms with E-state index in [1.54, 1.807) is 12.1 Å². The van der Waals surface area contributed by atoms with E-state index < -0.39 is 0 Å². The van der Waals surface area contributed by atoms with Crippen molar-refractivity contribution in [3.05, 3.63) is 52.5 Å². The van der Waals surface area contributed by atoms with Gasteiger partial charge in [-0.25, -0.2) is 0 Å². The third-order valence-electron chi connectivity index (χ3n) is 3.67. The number of halogens is 1. The Morgan fingerprint density at radius 1 is 1.13 bits per heavy atom. The summed E-state index contributed by atoms with van der Waals surface area (Å²) in [4.78, 5) is 12.2. The van der Waals surface area contributed by atoms with Gasteiger partial charge in [-0.15, -0.1) is 0 Å². The van der Waals surface area contributed by atoms with Gasteiger partial charge in [0, 0.05) is 5.69 Å². The number of ether oxygens (including phenoxy) is 2. The molecule has 0 fully saturated rings. The van der Waals surface area contributed by atoms with Gasteiger partial charge in [0.25, 0.3) is 0 Å². The summed E-state index contributed by atoms with van der Waals surface area (Å²) in [6, 6.07) is 11.4. The number of hydrogen-bond donors (Lipinski definition) is 1. The van der Waals surface area contributed by atoms with E-state index in [1.807, 2.05) is 24.3 Å². The molecule has 0 saturated carbocycles. The molecule has 23 heavy (non-hydrogen) atoms. The Balaban J connectivity index is 1.68. The van der Waals surface area contributed by atoms with Crippen molar-refractivity contribution in [2.24, 2.45) is 0 Å². The van der Waals surface area contributed by atoms with Crippen molar-refractivity contribution in [1.82, 2.24) is 0 Å². The van der Waals surface area contributed by atoms with Crippen LogP contribution in [0.2, 0.25) is 5.02 Å². The van der Waals surface area contributed by atoms with Crippen molar-refractivity contribution >= 4 is 23.2 Å². The van der Waals surface area contributed by atoms with Crippen LogP contribution in [0.4, 0.5) is 5.69 Å². The highest BCUT2D eigenvalue weighted by atomic mass is 35.5. The first-order valence-corrected chi connectivity index (χ1v) is 8.00. The maximum absolute atomic E-state index is 12.2. The molecule has 2 aromatic rings. The summed E-state index contributed by atoms with van der Waals surface area (Å²) in [5.74, 6) is 1.05. The molecule has 1 aliphatic heterocycles. The number of nitrogens with one attached hydrogen (secondary N) is 1. The van der Waals surface area contributed by atoms with Crippen LogP contribution in [0.25, 0.3) is 0 Å². The van der Waals surface area contributed by atoms with E-state index in [-0.39, 0.29) is 12.3 Å². The molecule has 0 radical (unpaired) electrons. The number of carbonyl (C=O) groups excluding carboxylic acids is 1. The molecule has 0 aromatic heterocycles. The first-order chi connectivity index (χ1) is 11.2. The first kappa shape index (κ1) is 15.7. The van der Waals surface area contributed by atoms with Crippen LogP contribution in [0, 0.1) is 0 Å². The van der Waals surface area contributed by atoms with Crippen LogP contribution in [-0.4, -0.2) is 19.1 Å². The summed E-state index contributed by atoms with van der Waals surface area (Å²) in [7, 11) is 0. The Hall–Kier alpha value is -2.20. The lowest BCUT2D eigenvalue weighted by Crippen LogP contribution is -2.17. The predicted octanol–water partition coefficient (Wildman–Crippen LogP) is 3.85. The van der Waals surface area contributed by atoms with Gasteiger partial charge >= 0.3 is 0 Å². The number of fused-ring (bicyclic) bond motifs is 1. The lowest BCUT2D eigenvalue weighted by Gasteiger charge is -2.20. The number of anilines is 1. The molecule has 1 amide bonds. The van der Waals surface area contributed by atoms with Crippen molar-refractivity contribution in [3.63, 3.8) is 0 Å². The zero-order valence-electron chi connectivity index (χ0n) is 12.9. The number of carbonyl (C=O) groups is 1. The van der Waals surface area contributed by atoms with Gasteiger partial charge in [0.2, 0.25) is 5.91 Å². The normalized spacial score (nSPS) is 12.8. The number of rotatable bonds is 4. The van der Waals surface area contributed by atoms with Crippen molar-refractivity contribution in [3.8, 4) is 11.5 Å². The second-order valence-corrected chi connectivity index (χ2v) is 5.78. The molecule has 0 spiro atoms.